The number of aliphatic hydroxyl groups is 5. The Bertz CT molecular complexity index is 1210. The highest BCUT2D eigenvalue weighted by Crippen LogP contribution is 2.36. The summed E-state index contributed by atoms with van der Waals surface area (Å²) in [5.74, 6) is -3.10. The van der Waals surface area contributed by atoms with Crippen LogP contribution < -0.4 is 0 Å². The fourth-order valence-corrected chi connectivity index (χ4v) is 7.69. The van der Waals surface area contributed by atoms with E-state index in [0.29, 0.717) is 13.0 Å². The average Bonchev–Trinajstić information content (AvgIpc) is 3.04. The van der Waals surface area contributed by atoms with Crippen LogP contribution in [0.2, 0.25) is 0 Å². The summed E-state index contributed by atoms with van der Waals surface area (Å²) < 4.78 is 18.3. The summed E-state index contributed by atoms with van der Waals surface area (Å²) in [7, 11) is 3.46. The van der Waals surface area contributed by atoms with Gasteiger partial charge < -0.3 is 49.5 Å². The van der Waals surface area contributed by atoms with Crippen LogP contribution in [-0.2, 0) is 30.2 Å². The maximum absolute atomic E-state index is 13.4. The standard InChI is InChI=1S/C37H62N2O10/c1-11-28-37(8,46)32(43)25(6)38(9)20-21(2)19-36(7,45)33(23(4)30(41)24(5)34(44)48-28)49-35-31(42)27(17-22(3)47-35)39(10)29(40)18-26-15-13-12-14-16-26/h12-16,21-25,27-28,30-33,35,41-43,45-46H,11,17-20H2,1-10H3/t21-,22-,23+,24-,25-,27+,28-,30+,31-,32-,33-,35+,36-,37-/m1/s1. The molecule has 2 aliphatic heterocycles. The molecule has 12 heteroatoms. The molecule has 1 aromatic carbocycles. The molecule has 12 nitrogen and oxygen atoms in total. The van der Waals surface area contributed by atoms with Crippen LogP contribution in [0.5, 0.6) is 0 Å². The van der Waals surface area contributed by atoms with E-state index in [1.54, 1.807) is 34.7 Å². The fraction of sp³-hybridized carbons (Fsp3) is 0.784. The third-order valence-electron chi connectivity index (χ3n) is 10.9. The summed E-state index contributed by atoms with van der Waals surface area (Å²) in [6, 6.07) is 8.15. The molecule has 0 saturated carbocycles. The zero-order valence-electron chi connectivity index (χ0n) is 31.0. The number of cyclic esters (lactones) is 1. The topological polar surface area (TPSA) is 169 Å². The summed E-state index contributed by atoms with van der Waals surface area (Å²) in [6.07, 6.45) is -6.87. The second-order valence-electron chi connectivity index (χ2n) is 15.3. The number of benzene rings is 1. The first-order valence-corrected chi connectivity index (χ1v) is 17.7. The molecule has 2 fully saturated rings. The molecule has 2 heterocycles. The molecule has 0 radical (unpaired) electrons. The number of hydrogen-bond acceptors (Lipinski definition) is 11. The molecular weight excluding hydrogens is 632 g/mol. The summed E-state index contributed by atoms with van der Waals surface area (Å²) in [5, 5.41) is 58.0. The molecule has 1 amide bonds. The largest absolute Gasteiger partial charge is 0.459 e. The van der Waals surface area contributed by atoms with Crippen LogP contribution in [0.1, 0.15) is 80.2 Å². The second-order valence-corrected chi connectivity index (χ2v) is 15.3. The van der Waals surface area contributed by atoms with Gasteiger partial charge in [-0.15, -0.1) is 0 Å². The number of nitrogens with zero attached hydrogens (tertiary/aromatic N) is 2. The van der Waals surface area contributed by atoms with Crippen molar-refractivity contribution in [3.63, 3.8) is 0 Å². The lowest BCUT2D eigenvalue weighted by Gasteiger charge is -2.47. The summed E-state index contributed by atoms with van der Waals surface area (Å²) in [6.45, 7) is 13.9. The number of esters is 1. The summed E-state index contributed by atoms with van der Waals surface area (Å²) >= 11 is 0. The highest BCUT2D eigenvalue weighted by molar-refractivity contribution is 5.79. The molecule has 3 rings (SSSR count). The monoisotopic (exact) mass is 694 g/mol. The quantitative estimate of drug-likeness (QED) is 0.277. The Labute approximate surface area is 292 Å². The van der Waals surface area contributed by atoms with Gasteiger partial charge in [0.05, 0.1) is 42.3 Å². The fourth-order valence-electron chi connectivity index (χ4n) is 7.69. The number of carbonyl (C=O) groups is 2. The van der Waals surface area contributed by atoms with E-state index in [1.807, 2.05) is 56.1 Å². The number of amides is 1. The first-order valence-electron chi connectivity index (χ1n) is 17.7. The Kier molecular flexibility index (Phi) is 14.2. The van der Waals surface area contributed by atoms with Crippen molar-refractivity contribution in [2.24, 2.45) is 17.8 Å². The van der Waals surface area contributed by atoms with Crippen LogP contribution in [-0.4, -0.2) is 134 Å². The van der Waals surface area contributed by atoms with Crippen LogP contribution in [0, 0.1) is 17.8 Å². The van der Waals surface area contributed by atoms with Gasteiger partial charge in [0, 0.05) is 25.6 Å². The van der Waals surface area contributed by atoms with Crippen molar-refractivity contribution in [2.45, 2.75) is 147 Å². The predicted molar refractivity (Wildman–Crippen MR) is 184 cm³/mol. The van der Waals surface area contributed by atoms with Gasteiger partial charge in [-0.2, -0.15) is 0 Å². The number of ether oxygens (including phenoxy) is 3. The highest BCUT2D eigenvalue weighted by Gasteiger charge is 2.50. The molecule has 0 spiro atoms. The Hall–Kier alpha value is -2.16. The third-order valence-corrected chi connectivity index (χ3v) is 10.9. The first kappa shape index (κ1) is 41.3. The van der Waals surface area contributed by atoms with Gasteiger partial charge in [-0.1, -0.05) is 51.1 Å². The van der Waals surface area contributed by atoms with E-state index in [1.165, 1.54) is 18.7 Å². The molecule has 0 bridgehead atoms. The van der Waals surface area contributed by atoms with E-state index in [4.69, 9.17) is 14.2 Å². The van der Waals surface area contributed by atoms with Gasteiger partial charge >= 0.3 is 5.97 Å². The van der Waals surface area contributed by atoms with Crippen molar-refractivity contribution >= 4 is 11.9 Å². The first-order chi connectivity index (χ1) is 22.7. The third kappa shape index (κ3) is 9.79. The SMILES string of the molecule is CC[C@H]1OC(=O)[C@H](C)[C@@H](O)[C@H](C)[C@@H](O[C@@H]2O[C@H](C)C[C@H](N(C)C(=O)Cc3ccccc3)[C@H]2O)[C@](C)(O)C[C@@H](C)CN(C)[C@H](C)[C@@H](O)[C@]1(C)O. The number of carbonyl (C=O) groups excluding carboxylic acids is 2. The van der Waals surface area contributed by atoms with E-state index >= 15 is 0 Å². The molecule has 2 saturated heterocycles. The van der Waals surface area contributed by atoms with Gasteiger partial charge in [-0.25, -0.2) is 0 Å². The Balaban J connectivity index is 1.95. The van der Waals surface area contributed by atoms with E-state index in [0.717, 1.165) is 5.56 Å². The molecule has 5 N–H and O–H groups in total. The minimum absolute atomic E-state index is 0.159. The normalized spacial score (nSPS) is 42.1. The molecule has 49 heavy (non-hydrogen) atoms. The molecule has 0 aromatic heterocycles. The Morgan fingerprint density at radius 3 is 2.24 bits per heavy atom. The van der Waals surface area contributed by atoms with Crippen LogP contribution in [0.25, 0.3) is 0 Å². The zero-order valence-corrected chi connectivity index (χ0v) is 31.0. The smallest absolute Gasteiger partial charge is 0.311 e. The van der Waals surface area contributed by atoms with Crippen LogP contribution >= 0.6 is 0 Å². The minimum atomic E-state index is -1.79. The number of rotatable bonds is 6. The van der Waals surface area contributed by atoms with Crippen molar-refractivity contribution < 1.29 is 49.3 Å². The number of likely N-dealkylation sites (N-methyl/N-ethyl adjacent to an activating group) is 2. The van der Waals surface area contributed by atoms with Crippen molar-refractivity contribution in [2.75, 3.05) is 20.6 Å². The molecule has 14 atom stereocenters. The van der Waals surface area contributed by atoms with Gasteiger partial charge in [0.2, 0.25) is 5.91 Å². The lowest BCUT2D eigenvalue weighted by molar-refractivity contribution is -0.299. The van der Waals surface area contributed by atoms with Crippen molar-refractivity contribution in [1.82, 2.24) is 9.80 Å². The van der Waals surface area contributed by atoms with Gasteiger partial charge in [-0.3, -0.25) is 9.59 Å². The van der Waals surface area contributed by atoms with Crippen LogP contribution in [0.15, 0.2) is 30.3 Å². The Morgan fingerprint density at radius 1 is 1.04 bits per heavy atom. The van der Waals surface area contributed by atoms with Gasteiger partial charge in [0.25, 0.3) is 0 Å². The van der Waals surface area contributed by atoms with Crippen molar-refractivity contribution in [3.05, 3.63) is 35.9 Å². The Morgan fingerprint density at radius 2 is 1.65 bits per heavy atom. The minimum Gasteiger partial charge on any atom is -0.459 e. The zero-order chi connectivity index (χ0) is 37.0. The van der Waals surface area contributed by atoms with E-state index in [-0.39, 0.29) is 31.1 Å². The maximum Gasteiger partial charge on any atom is 0.311 e. The number of hydrogen-bond donors (Lipinski definition) is 5. The predicted octanol–water partition coefficient (Wildman–Crippen LogP) is 2.12. The lowest BCUT2D eigenvalue weighted by atomic mass is 9.78. The van der Waals surface area contributed by atoms with Crippen molar-refractivity contribution in [3.8, 4) is 0 Å². The summed E-state index contributed by atoms with van der Waals surface area (Å²) in [5.41, 5.74) is -2.54. The molecule has 0 aliphatic carbocycles. The highest BCUT2D eigenvalue weighted by atomic mass is 16.7. The van der Waals surface area contributed by atoms with E-state index in [2.05, 4.69) is 0 Å². The number of aliphatic hydroxyl groups excluding tert-OH is 3. The molecule has 1 aromatic rings. The average molecular weight is 695 g/mol. The second kappa shape index (κ2) is 16.9. The van der Waals surface area contributed by atoms with E-state index < -0.39 is 84.0 Å². The van der Waals surface area contributed by atoms with E-state index in [9.17, 15) is 35.1 Å². The molecular formula is C37H62N2O10. The maximum atomic E-state index is 13.4. The summed E-state index contributed by atoms with van der Waals surface area (Å²) in [4.78, 5) is 30.1. The van der Waals surface area contributed by atoms with Crippen LogP contribution in [0.4, 0.5) is 0 Å². The molecule has 2 aliphatic rings. The van der Waals surface area contributed by atoms with Gasteiger partial charge in [0.1, 0.15) is 23.9 Å². The lowest BCUT2D eigenvalue weighted by Crippen LogP contribution is -2.60. The van der Waals surface area contributed by atoms with Gasteiger partial charge in [-0.05, 0) is 72.4 Å². The van der Waals surface area contributed by atoms with Gasteiger partial charge in [0.15, 0.2) is 6.29 Å². The molecule has 280 valence electrons. The van der Waals surface area contributed by atoms with Crippen LogP contribution in [0.3, 0.4) is 0 Å². The van der Waals surface area contributed by atoms with Crippen molar-refractivity contribution in [1.29, 1.82) is 0 Å². The molecule has 0 unspecified atom stereocenters.